The van der Waals surface area contributed by atoms with Gasteiger partial charge in [0.05, 0.1) is 12.1 Å². The van der Waals surface area contributed by atoms with Crippen LogP contribution in [0.15, 0.2) is 47.6 Å². The lowest BCUT2D eigenvalue weighted by atomic mass is 10.1. The predicted molar refractivity (Wildman–Crippen MR) is 136 cm³/mol. The highest BCUT2D eigenvalue weighted by molar-refractivity contribution is 6.34. The average molecular weight is 517 g/mol. The molecule has 2 aromatic carbocycles. The summed E-state index contributed by atoms with van der Waals surface area (Å²) in [6, 6.07) is 7.01. The Balaban J connectivity index is 0.000000642. The van der Waals surface area contributed by atoms with Crippen molar-refractivity contribution in [3.05, 3.63) is 58.8 Å². The van der Waals surface area contributed by atoms with Crippen molar-refractivity contribution >= 4 is 29.3 Å². The van der Waals surface area contributed by atoms with Gasteiger partial charge in [-0.2, -0.15) is 4.99 Å². The number of fused-ring (bicyclic) bond motifs is 1. The molecule has 2 amide bonds. The third-order valence-electron chi connectivity index (χ3n) is 5.16. The Morgan fingerprint density at radius 2 is 2.00 bits per heavy atom. The maximum Gasteiger partial charge on any atom is 0.279 e. The van der Waals surface area contributed by atoms with Gasteiger partial charge in [-0.05, 0) is 49.4 Å². The zero-order valence-electron chi connectivity index (χ0n) is 20.1. The number of phenolic OH excluding ortho intramolecular Hbond substituents is 1. The van der Waals surface area contributed by atoms with E-state index in [9.17, 15) is 14.7 Å². The number of rotatable bonds is 5. The van der Waals surface area contributed by atoms with Gasteiger partial charge in [-0.1, -0.05) is 11.6 Å². The molecule has 2 heterocycles. The number of halogens is 1. The Morgan fingerprint density at radius 3 is 2.67 bits per heavy atom. The molecule has 0 aromatic heterocycles. The van der Waals surface area contributed by atoms with Gasteiger partial charge in [0.1, 0.15) is 34.7 Å². The van der Waals surface area contributed by atoms with Gasteiger partial charge < -0.3 is 35.3 Å². The molecule has 11 heteroatoms. The molecule has 0 unspecified atom stereocenters. The summed E-state index contributed by atoms with van der Waals surface area (Å²) in [4.78, 5) is 30.1. The Morgan fingerprint density at radius 1 is 1.25 bits per heavy atom. The summed E-state index contributed by atoms with van der Waals surface area (Å²) in [7, 11) is 3.35. The van der Waals surface area contributed by atoms with Gasteiger partial charge in [0.25, 0.3) is 11.8 Å². The molecule has 2 aliphatic rings. The van der Waals surface area contributed by atoms with Gasteiger partial charge in [0.15, 0.2) is 5.75 Å². The van der Waals surface area contributed by atoms with Gasteiger partial charge in [0, 0.05) is 38.9 Å². The van der Waals surface area contributed by atoms with E-state index in [2.05, 4.69) is 10.3 Å². The number of nitrogens with two attached hydrogens (primary N) is 1. The van der Waals surface area contributed by atoms with E-state index in [0.29, 0.717) is 12.1 Å². The maximum absolute atomic E-state index is 12.4. The SMILES string of the molecule is C1CCOC1.CN/C=C\C(N)=NC(=O)c1cc(O)cc(Oc2ccc3c(c2Cl)OCCN(C)C3=O)c1. The van der Waals surface area contributed by atoms with E-state index in [0.717, 1.165) is 13.2 Å². The number of hydrogen-bond acceptors (Lipinski definition) is 7. The summed E-state index contributed by atoms with van der Waals surface area (Å²) in [6.07, 6.45) is 5.50. The fourth-order valence-electron chi connectivity index (χ4n) is 3.31. The molecular weight excluding hydrogens is 488 g/mol. The van der Waals surface area contributed by atoms with E-state index in [1.54, 1.807) is 20.2 Å². The molecule has 192 valence electrons. The predicted octanol–water partition coefficient (Wildman–Crippen LogP) is 3.33. The summed E-state index contributed by atoms with van der Waals surface area (Å²) >= 11 is 6.42. The number of carbonyl (C=O) groups is 2. The minimum absolute atomic E-state index is 0.00857. The van der Waals surface area contributed by atoms with Crippen LogP contribution in [0.3, 0.4) is 0 Å². The summed E-state index contributed by atoms with van der Waals surface area (Å²) in [5, 5.41) is 12.9. The highest BCUT2D eigenvalue weighted by Crippen LogP contribution is 2.41. The van der Waals surface area contributed by atoms with Gasteiger partial charge in [0.2, 0.25) is 0 Å². The molecule has 36 heavy (non-hydrogen) atoms. The largest absolute Gasteiger partial charge is 0.508 e. The molecule has 2 aromatic rings. The maximum atomic E-state index is 12.4. The summed E-state index contributed by atoms with van der Waals surface area (Å²) in [5.74, 6) is -0.537. The smallest absolute Gasteiger partial charge is 0.279 e. The van der Waals surface area contributed by atoms with Crippen LogP contribution < -0.4 is 20.5 Å². The van der Waals surface area contributed by atoms with Gasteiger partial charge in [-0.3, -0.25) is 9.59 Å². The fourth-order valence-corrected chi connectivity index (χ4v) is 3.57. The van der Waals surface area contributed by atoms with Crippen molar-refractivity contribution in [2.45, 2.75) is 12.8 Å². The molecule has 1 saturated heterocycles. The van der Waals surface area contributed by atoms with Crippen LogP contribution in [-0.2, 0) is 4.74 Å². The summed E-state index contributed by atoms with van der Waals surface area (Å²) in [6.45, 7) is 2.70. The second-order valence-corrected chi connectivity index (χ2v) is 8.31. The monoisotopic (exact) mass is 516 g/mol. The highest BCUT2D eigenvalue weighted by Gasteiger charge is 2.25. The number of amides is 2. The van der Waals surface area contributed by atoms with Crippen LogP contribution in [0.25, 0.3) is 0 Å². The number of phenols is 1. The molecule has 4 rings (SSSR count). The number of nitrogens with one attached hydrogen (secondary N) is 1. The van der Waals surface area contributed by atoms with E-state index in [-0.39, 0.29) is 51.9 Å². The molecule has 0 aliphatic carbocycles. The van der Waals surface area contributed by atoms with Gasteiger partial charge >= 0.3 is 0 Å². The van der Waals surface area contributed by atoms with Crippen LogP contribution in [0.1, 0.15) is 33.6 Å². The lowest BCUT2D eigenvalue weighted by Gasteiger charge is -2.14. The lowest BCUT2D eigenvalue weighted by Crippen LogP contribution is -2.27. The van der Waals surface area contributed by atoms with Crippen LogP contribution in [0, 0.1) is 0 Å². The quantitative estimate of drug-likeness (QED) is 0.406. The lowest BCUT2D eigenvalue weighted by molar-refractivity contribution is 0.0796. The first-order chi connectivity index (χ1) is 17.3. The molecule has 0 saturated carbocycles. The normalized spacial score (nSPS) is 15.5. The van der Waals surface area contributed by atoms with Crippen LogP contribution in [0.4, 0.5) is 0 Å². The van der Waals surface area contributed by atoms with E-state index >= 15 is 0 Å². The Bertz CT molecular complexity index is 1160. The number of hydrogen-bond donors (Lipinski definition) is 3. The van der Waals surface area contributed by atoms with Crippen molar-refractivity contribution in [3.63, 3.8) is 0 Å². The number of ether oxygens (including phenoxy) is 3. The number of likely N-dealkylation sites (N-methyl/N-ethyl adjacent to an activating group) is 1. The number of aliphatic imine (C=N–C) groups is 1. The van der Waals surface area contributed by atoms with Crippen LogP contribution in [0.2, 0.25) is 5.02 Å². The second-order valence-electron chi connectivity index (χ2n) is 7.93. The third-order valence-corrected chi connectivity index (χ3v) is 5.51. The molecule has 0 spiro atoms. The van der Waals surface area contributed by atoms with E-state index in [1.807, 2.05) is 0 Å². The molecule has 0 radical (unpaired) electrons. The molecule has 1 fully saturated rings. The number of benzene rings is 2. The molecule has 0 atom stereocenters. The van der Waals surface area contributed by atoms with E-state index < -0.39 is 5.91 Å². The third kappa shape index (κ3) is 7.12. The first-order valence-electron chi connectivity index (χ1n) is 11.3. The Kier molecular flexibility index (Phi) is 9.54. The second kappa shape index (κ2) is 12.8. The Labute approximate surface area is 214 Å². The zero-order chi connectivity index (χ0) is 26.1. The summed E-state index contributed by atoms with van der Waals surface area (Å²) < 4.78 is 16.4. The van der Waals surface area contributed by atoms with Crippen molar-refractivity contribution in [2.24, 2.45) is 10.7 Å². The topological polar surface area (TPSA) is 136 Å². The van der Waals surface area contributed by atoms with Crippen molar-refractivity contribution in [1.29, 1.82) is 0 Å². The minimum Gasteiger partial charge on any atom is -0.508 e. The molecule has 0 bridgehead atoms. The highest BCUT2D eigenvalue weighted by atomic mass is 35.5. The molecule has 10 nitrogen and oxygen atoms in total. The van der Waals surface area contributed by atoms with Gasteiger partial charge in [-0.25, -0.2) is 0 Å². The van der Waals surface area contributed by atoms with Crippen LogP contribution in [-0.4, -0.2) is 68.1 Å². The van der Waals surface area contributed by atoms with E-state index in [4.69, 9.17) is 31.5 Å². The molecular formula is C25H29ClN4O6. The standard InChI is InChI=1S/C21H21ClN4O5.C4H8O/c1-24-6-5-17(23)25-20(28)12-9-13(27)11-14(10-12)31-16-4-3-15-19(18(16)22)30-8-7-26(2)21(15)29;1-2-4-5-3-1/h3-6,9-11,24,27H,7-8H2,1-2H3,(H2,23,25,28);1-4H2/b6-5-;. The van der Waals surface area contributed by atoms with Crippen molar-refractivity contribution in [1.82, 2.24) is 10.2 Å². The first-order valence-corrected chi connectivity index (χ1v) is 11.7. The zero-order valence-corrected chi connectivity index (χ0v) is 20.9. The number of aromatic hydroxyl groups is 1. The minimum atomic E-state index is -0.663. The van der Waals surface area contributed by atoms with Crippen molar-refractivity contribution < 1.29 is 28.9 Å². The number of amidine groups is 1. The Hall–Kier alpha value is -3.76. The fraction of sp³-hybridized carbons (Fsp3) is 0.320. The van der Waals surface area contributed by atoms with Crippen LogP contribution >= 0.6 is 11.6 Å². The average Bonchev–Trinajstić information content (AvgIpc) is 3.40. The molecule has 4 N–H and O–H groups in total. The van der Waals surface area contributed by atoms with Crippen LogP contribution in [0.5, 0.6) is 23.0 Å². The van der Waals surface area contributed by atoms with Gasteiger partial charge in [-0.15, -0.1) is 0 Å². The number of nitrogens with zero attached hydrogens (tertiary/aromatic N) is 2. The number of carbonyl (C=O) groups excluding carboxylic acids is 2. The van der Waals surface area contributed by atoms with Crippen molar-refractivity contribution in [2.75, 3.05) is 40.5 Å². The molecule has 2 aliphatic heterocycles. The van der Waals surface area contributed by atoms with Crippen molar-refractivity contribution in [3.8, 4) is 23.0 Å². The van der Waals surface area contributed by atoms with E-state index in [1.165, 1.54) is 54.3 Å². The first kappa shape index (κ1) is 26.8. The summed E-state index contributed by atoms with van der Waals surface area (Å²) in [5.41, 5.74) is 6.05.